The molecule has 5 heteroatoms. The molecule has 2 aromatic rings. The molecular weight excluding hydrogens is 334 g/mol. The lowest BCUT2D eigenvalue weighted by molar-refractivity contribution is 0.103. The number of halogens is 2. The number of rotatable bonds is 3. The molecule has 0 unspecified atom stereocenters. The first-order chi connectivity index (χ1) is 8.61. The maximum absolute atomic E-state index is 12.1. The van der Waals surface area contributed by atoms with Crippen LogP contribution in [0.3, 0.4) is 0 Å². The largest absolute Gasteiger partial charge is 0.321 e. The van der Waals surface area contributed by atoms with Gasteiger partial charge in [0.25, 0.3) is 5.91 Å². The second-order valence-corrected chi connectivity index (χ2v) is 5.89. The van der Waals surface area contributed by atoms with Crippen LogP contribution in [0.2, 0.25) is 5.02 Å². The molecule has 1 aromatic carbocycles. The number of nitrogens with one attached hydrogen (secondary N) is 1. The van der Waals surface area contributed by atoms with Crippen molar-refractivity contribution in [2.75, 3.05) is 5.32 Å². The summed E-state index contributed by atoms with van der Waals surface area (Å²) in [5.41, 5.74) is 1.77. The molecule has 1 N–H and O–H groups in total. The van der Waals surface area contributed by atoms with Crippen LogP contribution in [0.15, 0.2) is 34.1 Å². The molecule has 1 amide bonds. The Bertz CT molecular complexity index is 582. The highest BCUT2D eigenvalue weighted by atomic mass is 79.9. The highest BCUT2D eigenvalue weighted by molar-refractivity contribution is 9.10. The molecular formula is C13H11BrClNOS. The van der Waals surface area contributed by atoms with Gasteiger partial charge in [0.05, 0.1) is 9.90 Å². The fourth-order valence-electron chi connectivity index (χ4n) is 1.58. The average molecular weight is 345 g/mol. The first kappa shape index (κ1) is 13.6. The number of carbonyl (C=O) groups is 1. The summed E-state index contributed by atoms with van der Waals surface area (Å²) in [6, 6.07) is 7.33. The Balaban J connectivity index is 2.19. The van der Waals surface area contributed by atoms with E-state index in [1.165, 1.54) is 11.3 Å². The zero-order valence-corrected chi connectivity index (χ0v) is 12.8. The molecule has 0 aliphatic rings. The minimum absolute atomic E-state index is 0.0831. The molecule has 2 rings (SSSR count). The molecule has 0 saturated carbocycles. The van der Waals surface area contributed by atoms with Gasteiger partial charge in [-0.25, -0.2) is 0 Å². The van der Waals surface area contributed by atoms with Gasteiger partial charge in [0.2, 0.25) is 0 Å². The zero-order chi connectivity index (χ0) is 13.1. The molecule has 0 aliphatic heterocycles. The van der Waals surface area contributed by atoms with Gasteiger partial charge in [-0.1, -0.05) is 18.5 Å². The van der Waals surface area contributed by atoms with Gasteiger partial charge in [0.1, 0.15) is 0 Å². The van der Waals surface area contributed by atoms with Gasteiger partial charge in [-0.3, -0.25) is 4.79 Å². The van der Waals surface area contributed by atoms with Crippen molar-refractivity contribution in [3.05, 3.63) is 49.6 Å². The van der Waals surface area contributed by atoms with Crippen LogP contribution >= 0.6 is 38.9 Å². The lowest BCUT2D eigenvalue weighted by Crippen LogP contribution is -2.11. The number of hydrogen-bond acceptors (Lipinski definition) is 2. The van der Waals surface area contributed by atoms with Crippen molar-refractivity contribution in [1.82, 2.24) is 0 Å². The average Bonchev–Trinajstić information content (AvgIpc) is 2.82. The van der Waals surface area contributed by atoms with E-state index in [0.717, 1.165) is 21.3 Å². The van der Waals surface area contributed by atoms with Gasteiger partial charge in [0, 0.05) is 10.2 Å². The molecule has 0 atom stereocenters. The third-order valence-electron chi connectivity index (χ3n) is 2.51. The molecule has 0 saturated heterocycles. The normalized spacial score (nSPS) is 10.4. The first-order valence-corrected chi connectivity index (χ1v) is 7.49. The van der Waals surface area contributed by atoms with Gasteiger partial charge in [-0.2, -0.15) is 0 Å². The number of hydrogen-bond donors (Lipinski definition) is 1. The summed E-state index contributed by atoms with van der Waals surface area (Å²) in [5, 5.41) is 5.36. The summed E-state index contributed by atoms with van der Waals surface area (Å²) in [6.07, 6.45) is 0.855. The molecule has 0 fully saturated rings. The topological polar surface area (TPSA) is 29.1 Å². The molecule has 0 aliphatic carbocycles. The summed E-state index contributed by atoms with van der Waals surface area (Å²) in [6.45, 7) is 2.04. The summed E-state index contributed by atoms with van der Waals surface area (Å²) in [7, 11) is 0. The Kier molecular flexibility index (Phi) is 4.43. The fraction of sp³-hybridized carbons (Fsp3) is 0.154. The van der Waals surface area contributed by atoms with Gasteiger partial charge < -0.3 is 5.32 Å². The second kappa shape index (κ2) is 5.87. The highest BCUT2D eigenvalue weighted by Crippen LogP contribution is 2.26. The Morgan fingerprint density at radius 3 is 2.89 bits per heavy atom. The zero-order valence-electron chi connectivity index (χ0n) is 9.67. The van der Waals surface area contributed by atoms with Crippen LogP contribution in [0.25, 0.3) is 0 Å². The van der Waals surface area contributed by atoms with E-state index in [0.29, 0.717) is 10.7 Å². The van der Waals surface area contributed by atoms with Crippen molar-refractivity contribution in [2.24, 2.45) is 0 Å². The van der Waals surface area contributed by atoms with E-state index in [1.54, 1.807) is 6.07 Å². The summed E-state index contributed by atoms with van der Waals surface area (Å²) < 4.78 is 0.813. The maximum Gasteiger partial charge on any atom is 0.266 e. The third-order valence-corrected chi connectivity index (χ3v) is 4.70. The fourth-order valence-corrected chi connectivity index (χ4v) is 2.89. The number of carbonyl (C=O) groups excluding carboxylic acids is 1. The van der Waals surface area contributed by atoms with Crippen molar-refractivity contribution in [2.45, 2.75) is 13.3 Å². The van der Waals surface area contributed by atoms with Crippen molar-refractivity contribution in [1.29, 1.82) is 0 Å². The van der Waals surface area contributed by atoms with Gasteiger partial charge >= 0.3 is 0 Å². The maximum atomic E-state index is 12.1. The second-order valence-electron chi connectivity index (χ2n) is 3.71. The van der Waals surface area contributed by atoms with Crippen molar-refractivity contribution in [3.63, 3.8) is 0 Å². The summed E-state index contributed by atoms with van der Waals surface area (Å²) in [5.74, 6) is -0.0831. The van der Waals surface area contributed by atoms with E-state index in [1.807, 2.05) is 30.5 Å². The van der Waals surface area contributed by atoms with E-state index < -0.39 is 0 Å². The van der Waals surface area contributed by atoms with E-state index in [-0.39, 0.29) is 5.91 Å². The van der Waals surface area contributed by atoms with Crippen LogP contribution in [0.1, 0.15) is 22.2 Å². The molecule has 0 radical (unpaired) electrons. The number of benzene rings is 1. The van der Waals surface area contributed by atoms with Crippen LogP contribution < -0.4 is 5.32 Å². The lowest BCUT2D eigenvalue weighted by Gasteiger charge is -2.06. The Morgan fingerprint density at radius 2 is 2.22 bits per heavy atom. The monoisotopic (exact) mass is 343 g/mol. The van der Waals surface area contributed by atoms with Crippen molar-refractivity contribution < 1.29 is 4.79 Å². The predicted molar refractivity (Wildman–Crippen MR) is 80.8 cm³/mol. The molecule has 1 heterocycles. The number of amides is 1. The summed E-state index contributed by atoms with van der Waals surface area (Å²) >= 11 is 10.8. The molecule has 0 spiro atoms. The Labute approximate surface area is 123 Å². The van der Waals surface area contributed by atoms with Crippen molar-refractivity contribution in [3.8, 4) is 0 Å². The van der Waals surface area contributed by atoms with E-state index in [4.69, 9.17) is 11.6 Å². The van der Waals surface area contributed by atoms with E-state index in [9.17, 15) is 4.79 Å². The Hall–Kier alpha value is -0.840. The van der Waals surface area contributed by atoms with Crippen LogP contribution in [0.5, 0.6) is 0 Å². The minimum atomic E-state index is -0.0831. The van der Waals surface area contributed by atoms with Crippen molar-refractivity contribution >= 4 is 50.5 Å². The smallest absolute Gasteiger partial charge is 0.266 e. The van der Waals surface area contributed by atoms with Crippen LogP contribution in [-0.2, 0) is 6.42 Å². The molecule has 1 aromatic heterocycles. The molecule has 0 bridgehead atoms. The first-order valence-electron chi connectivity index (χ1n) is 5.44. The predicted octanol–water partition coefficient (Wildman–Crippen LogP) is 4.98. The number of thiophene rings is 1. The number of anilines is 1. The van der Waals surface area contributed by atoms with Gasteiger partial charge in [-0.05, 0) is 57.6 Å². The highest BCUT2D eigenvalue weighted by Gasteiger charge is 2.12. The quantitative estimate of drug-likeness (QED) is 0.836. The van der Waals surface area contributed by atoms with Crippen LogP contribution in [0, 0.1) is 0 Å². The van der Waals surface area contributed by atoms with Gasteiger partial charge in [-0.15, -0.1) is 11.3 Å². The van der Waals surface area contributed by atoms with E-state index >= 15 is 0 Å². The summed E-state index contributed by atoms with van der Waals surface area (Å²) in [4.78, 5) is 12.9. The molecule has 2 nitrogen and oxygen atoms in total. The van der Waals surface area contributed by atoms with Crippen LogP contribution in [-0.4, -0.2) is 5.91 Å². The van der Waals surface area contributed by atoms with E-state index in [2.05, 4.69) is 21.2 Å². The SMILES string of the molecule is CCc1ccsc1C(=O)Nc1ccc(Br)c(Cl)c1. The molecule has 94 valence electrons. The number of aryl methyl sites for hydroxylation is 1. The Morgan fingerprint density at radius 1 is 1.44 bits per heavy atom. The molecule has 18 heavy (non-hydrogen) atoms. The lowest BCUT2D eigenvalue weighted by atomic mass is 10.2. The minimum Gasteiger partial charge on any atom is -0.321 e. The van der Waals surface area contributed by atoms with Crippen LogP contribution in [0.4, 0.5) is 5.69 Å². The standard InChI is InChI=1S/C13H11BrClNOS/c1-2-8-5-6-18-12(8)13(17)16-9-3-4-10(14)11(15)7-9/h3-7H,2H2,1H3,(H,16,17). The third kappa shape index (κ3) is 2.94. The van der Waals surface area contributed by atoms with Gasteiger partial charge in [0.15, 0.2) is 0 Å².